The molecule has 0 aromatic carbocycles. The van der Waals surface area contributed by atoms with Crippen molar-refractivity contribution in [2.45, 2.75) is 31.6 Å². The Hall–Kier alpha value is -1.17. The van der Waals surface area contributed by atoms with Gasteiger partial charge in [0, 0.05) is 25.8 Å². The number of likely N-dealkylation sites (N-methyl/N-ethyl adjacent to an activating group) is 1. The Morgan fingerprint density at radius 2 is 2.26 bits per heavy atom. The Morgan fingerprint density at radius 3 is 2.95 bits per heavy atom. The molecule has 5 nitrogen and oxygen atoms in total. The van der Waals surface area contributed by atoms with Crippen LogP contribution in [0.4, 0.5) is 0 Å². The number of rotatable bonds is 7. The number of hydrogen-bond donors (Lipinski definition) is 1. The van der Waals surface area contributed by atoms with Crippen molar-refractivity contribution in [2.75, 3.05) is 27.4 Å². The van der Waals surface area contributed by atoms with Gasteiger partial charge in [-0.05, 0) is 26.1 Å². The molecule has 1 heterocycles. The smallest absolute Gasteiger partial charge is 0.141 e. The second-order valence-corrected chi connectivity index (χ2v) is 4.70. The minimum absolute atomic E-state index is 0.0692. The number of methoxy groups -OCH3 is 1. The van der Waals surface area contributed by atoms with Gasteiger partial charge in [0.25, 0.3) is 0 Å². The van der Waals surface area contributed by atoms with Gasteiger partial charge in [0.05, 0.1) is 18.9 Å². The van der Waals surface area contributed by atoms with Crippen molar-refractivity contribution in [1.82, 2.24) is 10.3 Å². The van der Waals surface area contributed by atoms with E-state index in [0.29, 0.717) is 19.3 Å². The Balaban J connectivity index is 1.91. The second kappa shape index (κ2) is 6.84. The number of aromatic nitrogens is 1. The van der Waals surface area contributed by atoms with Crippen molar-refractivity contribution in [1.29, 1.82) is 0 Å². The highest BCUT2D eigenvalue weighted by Gasteiger charge is 2.43. The van der Waals surface area contributed by atoms with Gasteiger partial charge in [-0.1, -0.05) is 0 Å². The molecule has 1 aromatic heterocycles. The van der Waals surface area contributed by atoms with Gasteiger partial charge in [0.1, 0.15) is 18.0 Å². The monoisotopic (exact) mass is 266 g/mol. The van der Waals surface area contributed by atoms with Crippen LogP contribution in [0.2, 0.25) is 0 Å². The number of pyridine rings is 1. The molecule has 0 saturated heterocycles. The van der Waals surface area contributed by atoms with Crippen molar-refractivity contribution < 1.29 is 14.2 Å². The van der Waals surface area contributed by atoms with Crippen LogP contribution in [0, 0.1) is 6.92 Å². The average Bonchev–Trinajstić information content (AvgIpc) is 2.41. The summed E-state index contributed by atoms with van der Waals surface area (Å²) in [6, 6.07) is 4.18. The first-order chi connectivity index (χ1) is 9.26. The quantitative estimate of drug-likeness (QED) is 0.751. The van der Waals surface area contributed by atoms with Gasteiger partial charge in [0.2, 0.25) is 0 Å². The first-order valence-corrected chi connectivity index (χ1v) is 6.62. The summed E-state index contributed by atoms with van der Waals surface area (Å²) in [5, 5.41) is 3.25. The van der Waals surface area contributed by atoms with Crippen LogP contribution in [0.1, 0.15) is 12.1 Å². The zero-order valence-electron chi connectivity index (χ0n) is 11.8. The van der Waals surface area contributed by atoms with Crippen LogP contribution in [-0.4, -0.2) is 50.6 Å². The predicted octanol–water partition coefficient (Wildman–Crippen LogP) is 1.16. The average molecular weight is 266 g/mol. The van der Waals surface area contributed by atoms with E-state index in [1.165, 1.54) is 0 Å². The van der Waals surface area contributed by atoms with Crippen molar-refractivity contribution in [3.8, 4) is 5.75 Å². The van der Waals surface area contributed by atoms with Gasteiger partial charge in [0.15, 0.2) is 0 Å². The molecule has 0 amide bonds. The summed E-state index contributed by atoms with van der Waals surface area (Å²) in [4.78, 5) is 4.23. The number of aryl methyl sites for hydroxylation is 1. The lowest BCUT2D eigenvalue weighted by Gasteiger charge is -2.43. The molecule has 0 radical (unpaired) electrons. The molecule has 3 unspecified atom stereocenters. The van der Waals surface area contributed by atoms with E-state index in [4.69, 9.17) is 14.2 Å². The third-order valence-corrected chi connectivity index (χ3v) is 3.45. The second-order valence-electron chi connectivity index (χ2n) is 4.70. The summed E-state index contributed by atoms with van der Waals surface area (Å²) in [5.41, 5.74) is 0.908. The first kappa shape index (κ1) is 14.2. The highest BCUT2D eigenvalue weighted by Crippen LogP contribution is 2.29. The van der Waals surface area contributed by atoms with Crippen LogP contribution in [0.25, 0.3) is 0 Å². The Kier molecular flexibility index (Phi) is 5.13. The molecule has 106 valence electrons. The summed E-state index contributed by atoms with van der Waals surface area (Å²) < 4.78 is 16.8. The summed E-state index contributed by atoms with van der Waals surface area (Å²) >= 11 is 0. The summed E-state index contributed by atoms with van der Waals surface area (Å²) in [6.07, 6.45) is 2.87. The van der Waals surface area contributed by atoms with E-state index >= 15 is 0 Å². The van der Waals surface area contributed by atoms with Crippen LogP contribution in [0.3, 0.4) is 0 Å². The van der Waals surface area contributed by atoms with Gasteiger partial charge in [-0.3, -0.25) is 4.98 Å². The summed E-state index contributed by atoms with van der Waals surface area (Å²) in [5.74, 6) is 0.836. The molecule has 1 fully saturated rings. The molecule has 5 heteroatoms. The molecule has 1 aliphatic carbocycles. The molecule has 0 aliphatic heterocycles. The van der Waals surface area contributed by atoms with Crippen molar-refractivity contribution >= 4 is 0 Å². The van der Waals surface area contributed by atoms with Crippen LogP contribution >= 0.6 is 0 Å². The zero-order chi connectivity index (χ0) is 13.7. The van der Waals surface area contributed by atoms with E-state index in [-0.39, 0.29) is 12.2 Å². The Bertz CT molecular complexity index is 400. The Morgan fingerprint density at radius 1 is 1.42 bits per heavy atom. The standard InChI is InChI=1S/C14H22N2O3/c1-10-12(5-4-6-16-10)19-13-9-11(15-2)14(13)18-8-7-17-3/h4-6,11,13-15H,7-9H2,1-3H3. The highest BCUT2D eigenvalue weighted by atomic mass is 16.6. The lowest BCUT2D eigenvalue weighted by atomic mass is 9.85. The number of nitrogens with zero attached hydrogens (tertiary/aromatic N) is 1. The molecule has 0 bridgehead atoms. The van der Waals surface area contributed by atoms with E-state index in [1.54, 1.807) is 13.3 Å². The van der Waals surface area contributed by atoms with Crippen LogP contribution in [0.5, 0.6) is 5.75 Å². The molecule has 1 saturated carbocycles. The van der Waals surface area contributed by atoms with Gasteiger partial charge < -0.3 is 19.5 Å². The molecular formula is C14H22N2O3. The fraction of sp³-hybridized carbons (Fsp3) is 0.643. The van der Waals surface area contributed by atoms with Crippen LogP contribution in [-0.2, 0) is 9.47 Å². The predicted molar refractivity (Wildman–Crippen MR) is 72.5 cm³/mol. The van der Waals surface area contributed by atoms with Gasteiger partial charge in [-0.15, -0.1) is 0 Å². The van der Waals surface area contributed by atoms with E-state index in [0.717, 1.165) is 17.9 Å². The van der Waals surface area contributed by atoms with E-state index in [2.05, 4.69) is 10.3 Å². The largest absolute Gasteiger partial charge is 0.486 e. The Labute approximate surface area is 114 Å². The van der Waals surface area contributed by atoms with Crippen molar-refractivity contribution in [3.63, 3.8) is 0 Å². The SMILES string of the molecule is CNC1CC(Oc2cccnc2C)C1OCCOC. The number of hydrogen-bond acceptors (Lipinski definition) is 5. The van der Waals surface area contributed by atoms with Crippen molar-refractivity contribution in [3.05, 3.63) is 24.0 Å². The summed E-state index contributed by atoms with van der Waals surface area (Å²) in [6.45, 7) is 3.14. The minimum atomic E-state index is 0.0692. The fourth-order valence-electron chi connectivity index (χ4n) is 2.23. The lowest BCUT2D eigenvalue weighted by molar-refractivity contribution is -0.114. The maximum atomic E-state index is 5.99. The van der Waals surface area contributed by atoms with Crippen LogP contribution in [0.15, 0.2) is 18.3 Å². The van der Waals surface area contributed by atoms with Gasteiger partial charge in [-0.2, -0.15) is 0 Å². The van der Waals surface area contributed by atoms with Gasteiger partial charge >= 0.3 is 0 Å². The lowest BCUT2D eigenvalue weighted by Crippen LogP contribution is -2.60. The number of ether oxygens (including phenoxy) is 3. The van der Waals surface area contributed by atoms with Crippen molar-refractivity contribution in [2.24, 2.45) is 0 Å². The molecule has 1 aromatic rings. The first-order valence-electron chi connectivity index (χ1n) is 6.62. The van der Waals surface area contributed by atoms with Gasteiger partial charge in [-0.25, -0.2) is 0 Å². The third kappa shape index (κ3) is 3.43. The molecule has 1 N–H and O–H groups in total. The van der Waals surface area contributed by atoms with Crippen LogP contribution < -0.4 is 10.1 Å². The fourth-order valence-corrected chi connectivity index (χ4v) is 2.23. The molecule has 3 atom stereocenters. The third-order valence-electron chi connectivity index (χ3n) is 3.45. The maximum Gasteiger partial charge on any atom is 0.141 e. The number of nitrogens with one attached hydrogen (secondary N) is 1. The van der Waals surface area contributed by atoms with E-state index in [9.17, 15) is 0 Å². The summed E-state index contributed by atoms with van der Waals surface area (Å²) in [7, 11) is 3.62. The molecule has 0 spiro atoms. The zero-order valence-corrected chi connectivity index (χ0v) is 11.8. The molecular weight excluding hydrogens is 244 g/mol. The van der Waals surface area contributed by atoms with E-state index in [1.807, 2.05) is 26.1 Å². The normalized spacial score (nSPS) is 25.9. The van der Waals surface area contributed by atoms with E-state index < -0.39 is 0 Å². The molecule has 2 rings (SSSR count). The topological polar surface area (TPSA) is 52.6 Å². The minimum Gasteiger partial charge on any atom is -0.486 e. The molecule has 19 heavy (non-hydrogen) atoms. The molecule has 1 aliphatic rings. The highest BCUT2D eigenvalue weighted by molar-refractivity contribution is 5.26. The maximum absolute atomic E-state index is 5.99.